The summed E-state index contributed by atoms with van der Waals surface area (Å²) in [6, 6.07) is 0. The lowest BCUT2D eigenvalue weighted by Crippen LogP contribution is -2.39. The van der Waals surface area contributed by atoms with E-state index in [9.17, 15) is 0 Å². The Morgan fingerprint density at radius 3 is 1.73 bits per heavy atom. The van der Waals surface area contributed by atoms with E-state index >= 15 is 0 Å². The summed E-state index contributed by atoms with van der Waals surface area (Å²) in [6.45, 7) is 6.51. The molecule has 2 nitrogen and oxygen atoms in total. The van der Waals surface area contributed by atoms with Crippen LogP contribution in [0.15, 0.2) is 0 Å². The third-order valence-electron chi connectivity index (χ3n) is 1.33. The SMILES string of the molecule is C1CNCCN1.[B]C[B][B]C. The van der Waals surface area contributed by atoms with Gasteiger partial charge in [-0.1, -0.05) is 6.82 Å². The molecule has 11 heavy (non-hydrogen) atoms. The van der Waals surface area contributed by atoms with E-state index in [0.717, 1.165) is 26.2 Å². The van der Waals surface area contributed by atoms with E-state index in [-0.39, 0.29) is 0 Å². The molecule has 0 aromatic rings. The zero-order chi connectivity index (χ0) is 8.36. The molecule has 0 spiro atoms. The van der Waals surface area contributed by atoms with Crippen LogP contribution in [-0.4, -0.2) is 48.4 Å². The van der Waals surface area contributed by atoms with Crippen LogP contribution in [0.25, 0.3) is 0 Å². The number of hydrogen-bond acceptors (Lipinski definition) is 2. The summed E-state index contributed by atoms with van der Waals surface area (Å²) in [5.41, 5.74) is 0. The van der Waals surface area contributed by atoms with Gasteiger partial charge in [-0.05, 0) is 0 Å². The zero-order valence-corrected chi connectivity index (χ0v) is 7.27. The molecule has 0 bridgehead atoms. The van der Waals surface area contributed by atoms with Crippen molar-refractivity contribution in [2.75, 3.05) is 26.2 Å². The normalized spacial score (nSPS) is 16.1. The van der Waals surface area contributed by atoms with Crippen LogP contribution < -0.4 is 10.6 Å². The molecule has 5 heteroatoms. The molecule has 58 valence electrons. The van der Waals surface area contributed by atoms with Crippen LogP contribution in [0.3, 0.4) is 0 Å². The first kappa shape index (κ1) is 11.1. The van der Waals surface area contributed by atoms with Crippen LogP contribution in [0.5, 0.6) is 0 Å². The van der Waals surface area contributed by atoms with Crippen molar-refractivity contribution in [3.63, 3.8) is 0 Å². The third kappa shape index (κ3) is 10.1. The highest BCUT2D eigenvalue weighted by Crippen LogP contribution is 1.65. The minimum absolute atomic E-state index is 0.663. The predicted molar refractivity (Wildman–Crippen MR) is 53.7 cm³/mol. The van der Waals surface area contributed by atoms with Crippen molar-refractivity contribution < 1.29 is 0 Å². The molecule has 0 aliphatic carbocycles. The molecule has 0 unspecified atom stereocenters. The van der Waals surface area contributed by atoms with E-state index in [0.29, 0.717) is 6.22 Å². The molecule has 0 aromatic carbocycles. The number of hydrogen-bond donors (Lipinski definition) is 2. The molecule has 1 aliphatic rings. The van der Waals surface area contributed by atoms with Crippen molar-refractivity contribution in [2.24, 2.45) is 0 Å². The van der Waals surface area contributed by atoms with E-state index in [1.165, 1.54) is 0 Å². The van der Waals surface area contributed by atoms with E-state index in [4.69, 9.17) is 7.85 Å². The molecule has 0 amide bonds. The van der Waals surface area contributed by atoms with Crippen LogP contribution in [0, 0.1) is 0 Å². The van der Waals surface area contributed by atoms with Crippen molar-refractivity contribution in [1.82, 2.24) is 10.6 Å². The maximum absolute atomic E-state index is 5.05. The van der Waals surface area contributed by atoms with Crippen LogP contribution in [0.1, 0.15) is 0 Å². The lowest BCUT2D eigenvalue weighted by atomic mass is 9.37. The van der Waals surface area contributed by atoms with Gasteiger partial charge in [-0.15, -0.1) is 6.22 Å². The summed E-state index contributed by atoms with van der Waals surface area (Å²) in [5.74, 6) is 0. The third-order valence-corrected chi connectivity index (χ3v) is 1.33. The largest absolute Gasteiger partial charge is 0.314 e. The van der Waals surface area contributed by atoms with Gasteiger partial charge in [0.25, 0.3) is 0 Å². The van der Waals surface area contributed by atoms with Gasteiger partial charge in [0.1, 0.15) is 0 Å². The van der Waals surface area contributed by atoms with Gasteiger partial charge in [-0.3, -0.25) is 0 Å². The summed E-state index contributed by atoms with van der Waals surface area (Å²) >= 11 is 0. The highest BCUT2D eigenvalue weighted by Gasteiger charge is 1.91. The van der Waals surface area contributed by atoms with Crippen LogP contribution in [0.4, 0.5) is 0 Å². The van der Waals surface area contributed by atoms with Gasteiger partial charge in [-0.25, -0.2) is 0 Å². The monoisotopic (exact) mass is 148 g/mol. The van der Waals surface area contributed by atoms with E-state index < -0.39 is 0 Å². The maximum atomic E-state index is 5.05. The molecule has 4 radical (unpaired) electrons. The molecule has 1 rings (SSSR count). The van der Waals surface area contributed by atoms with Crippen molar-refractivity contribution in [2.45, 2.75) is 13.0 Å². The Kier molecular flexibility index (Phi) is 10.2. The van der Waals surface area contributed by atoms with Gasteiger partial charge in [0.05, 0.1) is 22.2 Å². The molecule has 1 heterocycles. The second-order valence-electron chi connectivity index (χ2n) is 2.30. The Hall–Kier alpha value is 0.115. The van der Waals surface area contributed by atoms with E-state index in [1.807, 2.05) is 21.2 Å². The Balaban J connectivity index is 0.000000187. The minimum Gasteiger partial charge on any atom is -0.314 e. The van der Waals surface area contributed by atoms with Crippen LogP contribution in [-0.2, 0) is 0 Å². The summed E-state index contributed by atoms with van der Waals surface area (Å²) < 4.78 is 0. The van der Waals surface area contributed by atoms with Gasteiger partial charge in [0, 0.05) is 26.2 Å². The molecule has 0 aromatic heterocycles. The van der Waals surface area contributed by atoms with Crippen LogP contribution in [0.2, 0.25) is 13.0 Å². The smallest absolute Gasteiger partial charge is 0.0600 e. The Labute approximate surface area is 72.8 Å². The quantitative estimate of drug-likeness (QED) is 0.494. The highest BCUT2D eigenvalue weighted by molar-refractivity contribution is 7.01. The van der Waals surface area contributed by atoms with Crippen molar-refractivity contribution in [3.05, 3.63) is 0 Å². The molecular formula is C6H15B3N2. The fourth-order valence-electron chi connectivity index (χ4n) is 0.740. The predicted octanol–water partition coefficient (Wildman–Crippen LogP) is -0.919. The summed E-state index contributed by atoms with van der Waals surface area (Å²) in [4.78, 5) is 0. The second kappa shape index (κ2) is 10.1. The first-order chi connectivity index (χ1) is 5.41. The van der Waals surface area contributed by atoms with Crippen molar-refractivity contribution in [3.8, 4) is 0 Å². The second-order valence-corrected chi connectivity index (χ2v) is 2.30. The molecule has 2 N–H and O–H groups in total. The summed E-state index contributed by atoms with van der Waals surface area (Å²) in [6.07, 6.45) is 0.663. The van der Waals surface area contributed by atoms with E-state index in [1.54, 1.807) is 0 Å². The Bertz CT molecular complexity index is 55.3. The first-order valence-electron chi connectivity index (χ1n) is 4.14. The lowest BCUT2D eigenvalue weighted by molar-refractivity contribution is 0.534. The molecule has 1 aliphatic heterocycles. The first-order valence-corrected chi connectivity index (χ1v) is 4.14. The van der Waals surface area contributed by atoms with Crippen LogP contribution >= 0.6 is 0 Å². The average molecular weight is 148 g/mol. The van der Waals surface area contributed by atoms with Gasteiger partial charge in [0.2, 0.25) is 0 Å². The highest BCUT2D eigenvalue weighted by atomic mass is 15.0. The maximum Gasteiger partial charge on any atom is 0.0600 e. The van der Waals surface area contributed by atoms with Gasteiger partial charge >= 0.3 is 0 Å². The van der Waals surface area contributed by atoms with Gasteiger partial charge < -0.3 is 10.6 Å². The lowest BCUT2D eigenvalue weighted by Gasteiger charge is -2.11. The number of piperazine rings is 1. The van der Waals surface area contributed by atoms with Crippen molar-refractivity contribution in [1.29, 1.82) is 0 Å². The molecular weight excluding hydrogens is 133 g/mol. The standard InChI is InChI=1S/C4H10N2.C2H5B3/c1-2-6-4-3-5-1;1-4-5-2-3/h5-6H,1-4H2;2H2,1H3. The van der Waals surface area contributed by atoms with E-state index in [2.05, 4.69) is 10.6 Å². The molecule has 1 fully saturated rings. The van der Waals surface area contributed by atoms with Crippen molar-refractivity contribution >= 4 is 22.2 Å². The Morgan fingerprint density at radius 1 is 1.18 bits per heavy atom. The summed E-state index contributed by atoms with van der Waals surface area (Å²) in [7, 11) is 8.89. The zero-order valence-electron chi connectivity index (χ0n) is 7.27. The molecule has 1 saturated heterocycles. The molecule has 0 atom stereocenters. The number of nitrogens with one attached hydrogen (secondary N) is 2. The van der Waals surface area contributed by atoms with Gasteiger partial charge in [0.15, 0.2) is 0 Å². The fourth-order valence-corrected chi connectivity index (χ4v) is 0.740. The van der Waals surface area contributed by atoms with Gasteiger partial charge in [-0.2, -0.15) is 0 Å². The number of rotatable bonds is 2. The molecule has 0 saturated carbocycles. The minimum atomic E-state index is 0.663. The average Bonchev–Trinajstić information content (AvgIpc) is 2.10. The summed E-state index contributed by atoms with van der Waals surface area (Å²) in [5, 5.41) is 6.44. The fraction of sp³-hybridized carbons (Fsp3) is 1.00. The Morgan fingerprint density at radius 2 is 1.64 bits per heavy atom. The topological polar surface area (TPSA) is 24.1 Å².